The first-order valence-corrected chi connectivity index (χ1v) is 5.63. The molecule has 19 heavy (non-hydrogen) atoms. The number of hydrazine groups is 1. The predicted molar refractivity (Wildman–Crippen MR) is 76.8 cm³/mol. The minimum atomic E-state index is -0.239. The van der Waals surface area contributed by atoms with Gasteiger partial charge in [-0.15, -0.1) is 5.10 Å². The maximum Gasteiger partial charge on any atom is 0.222 e. The molecular weight excluding hydrogens is 244 g/mol. The molecule has 0 fully saturated rings. The van der Waals surface area contributed by atoms with E-state index in [4.69, 9.17) is 11.5 Å². The summed E-state index contributed by atoms with van der Waals surface area (Å²) in [5.41, 5.74) is 18.5. The third-order valence-corrected chi connectivity index (χ3v) is 2.00. The van der Waals surface area contributed by atoms with Gasteiger partial charge in [-0.05, 0) is 19.1 Å². The maximum atomic E-state index is 11.0. The van der Waals surface area contributed by atoms with Crippen molar-refractivity contribution in [1.82, 2.24) is 10.9 Å². The summed E-state index contributed by atoms with van der Waals surface area (Å²) in [6.07, 6.45) is 1.53. The molecule has 0 unspecified atom stereocenters. The number of hydrazone groups is 1. The van der Waals surface area contributed by atoms with Gasteiger partial charge in [0, 0.05) is 18.7 Å². The van der Waals surface area contributed by atoms with Crippen LogP contribution >= 0.6 is 0 Å². The highest BCUT2D eigenvalue weighted by Gasteiger charge is 1.99. The lowest BCUT2D eigenvalue weighted by atomic mass is 10.3. The van der Waals surface area contributed by atoms with Gasteiger partial charge in [0.2, 0.25) is 5.91 Å². The molecule has 7 N–H and O–H groups in total. The molecule has 7 nitrogen and oxygen atoms in total. The van der Waals surface area contributed by atoms with Crippen LogP contribution in [-0.4, -0.2) is 11.7 Å². The number of nitrogens with zero attached hydrogens (tertiary/aromatic N) is 1. The molecule has 0 aliphatic rings. The molecule has 0 aliphatic carbocycles. The summed E-state index contributed by atoms with van der Waals surface area (Å²) in [4.78, 5) is 11.0. The average Bonchev–Trinajstić information content (AvgIpc) is 2.30. The van der Waals surface area contributed by atoms with Gasteiger partial charge >= 0.3 is 0 Å². The first-order chi connectivity index (χ1) is 8.99. The fourth-order valence-corrected chi connectivity index (χ4v) is 1.25. The molecule has 0 atom stereocenters. The van der Waals surface area contributed by atoms with Crippen LogP contribution in [-0.2, 0) is 4.79 Å². The van der Waals surface area contributed by atoms with E-state index in [1.54, 1.807) is 19.1 Å². The molecule has 0 saturated heterocycles. The number of hydrogen-bond donors (Lipinski definition) is 5. The third-order valence-electron chi connectivity index (χ3n) is 2.00. The van der Waals surface area contributed by atoms with Crippen LogP contribution in [0.25, 0.3) is 0 Å². The highest BCUT2D eigenvalue weighted by molar-refractivity contribution is 6.03. The lowest BCUT2D eigenvalue weighted by Crippen LogP contribution is -2.30. The molecule has 0 saturated carbocycles. The van der Waals surface area contributed by atoms with Gasteiger partial charge in [0.1, 0.15) is 0 Å². The number of rotatable bonds is 4. The average molecular weight is 262 g/mol. The monoisotopic (exact) mass is 262 g/mol. The molecule has 1 rings (SSSR count). The Hall–Kier alpha value is -2.70. The lowest BCUT2D eigenvalue weighted by molar-refractivity contribution is -0.117. The standard InChI is InChI=1S/C12H18N6O/c1-8(13)7-12(15-9(2)19)17-18-16-11-6-4-3-5-10(11)14/h3-7,16,18H,13-14H2,1-2H3,(H,15,17,19). The van der Waals surface area contributed by atoms with Gasteiger partial charge in [-0.1, -0.05) is 12.1 Å². The van der Waals surface area contributed by atoms with Crippen molar-refractivity contribution in [3.8, 4) is 0 Å². The van der Waals surface area contributed by atoms with E-state index in [0.717, 1.165) is 0 Å². The summed E-state index contributed by atoms with van der Waals surface area (Å²) in [7, 11) is 0. The number of anilines is 2. The van der Waals surface area contributed by atoms with Crippen LogP contribution in [0, 0.1) is 0 Å². The Labute approximate surface area is 111 Å². The van der Waals surface area contributed by atoms with E-state index in [1.807, 2.05) is 12.1 Å². The van der Waals surface area contributed by atoms with E-state index in [1.165, 1.54) is 13.0 Å². The number of amides is 1. The van der Waals surface area contributed by atoms with Crippen LogP contribution in [0.4, 0.5) is 11.4 Å². The van der Waals surface area contributed by atoms with Gasteiger partial charge in [0.25, 0.3) is 0 Å². The van der Waals surface area contributed by atoms with Crippen molar-refractivity contribution >= 4 is 23.1 Å². The minimum absolute atomic E-state index is 0.239. The Bertz CT molecular complexity index is 505. The van der Waals surface area contributed by atoms with E-state index < -0.39 is 0 Å². The second kappa shape index (κ2) is 6.90. The van der Waals surface area contributed by atoms with Gasteiger partial charge in [0.15, 0.2) is 5.84 Å². The van der Waals surface area contributed by atoms with Crippen molar-refractivity contribution in [3.05, 3.63) is 36.0 Å². The summed E-state index contributed by atoms with van der Waals surface area (Å²) in [5.74, 6) is 0.0618. The van der Waals surface area contributed by atoms with Gasteiger partial charge < -0.3 is 16.8 Å². The van der Waals surface area contributed by atoms with E-state index in [9.17, 15) is 4.79 Å². The van der Waals surface area contributed by atoms with Crippen LogP contribution in [0.5, 0.6) is 0 Å². The topological polar surface area (TPSA) is 118 Å². The second-order valence-electron chi connectivity index (χ2n) is 3.89. The molecular formula is C12H18N6O. The number of carbonyl (C=O) groups is 1. The fourth-order valence-electron chi connectivity index (χ4n) is 1.25. The fraction of sp³-hybridized carbons (Fsp3) is 0.167. The lowest BCUT2D eigenvalue weighted by Gasteiger charge is -2.09. The Kier molecular flexibility index (Phi) is 5.21. The Morgan fingerprint density at radius 3 is 2.58 bits per heavy atom. The van der Waals surface area contributed by atoms with Crippen molar-refractivity contribution in [2.75, 3.05) is 11.2 Å². The number of nitrogens with one attached hydrogen (secondary N) is 3. The predicted octanol–water partition coefficient (Wildman–Crippen LogP) is 0.497. The first-order valence-electron chi connectivity index (χ1n) is 5.63. The summed E-state index contributed by atoms with van der Waals surface area (Å²) < 4.78 is 0. The molecule has 102 valence electrons. The number of allylic oxidation sites excluding steroid dienone is 1. The number of amidine groups is 1. The van der Waals surface area contributed by atoms with Crippen molar-refractivity contribution in [1.29, 1.82) is 0 Å². The van der Waals surface area contributed by atoms with Gasteiger partial charge in [-0.2, -0.15) is 0 Å². The van der Waals surface area contributed by atoms with Crippen LogP contribution < -0.4 is 27.7 Å². The Morgan fingerprint density at radius 1 is 1.32 bits per heavy atom. The number of para-hydroxylation sites is 2. The molecule has 7 heteroatoms. The van der Waals surface area contributed by atoms with Gasteiger partial charge in [-0.3, -0.25) is 10.2 Å². The Balaban J connectivity index is 2.68. The summed E-state index contributed by atoms with van der Waals surface area (Å²) in [6, 6.07) is 7.21. The number of hydrogen-bond acceptors (Lipinski definition) is 6. The van der Waals surface area contributed by atoms with Crippen molar-refractivity contribution in [2.45, 2.75) is 13.8 Å². The molecule has 0 heterocycles. The molecule has 0 aromatic heterocycles. The van der Waals surface area contributed by atoms with Crippen LogP contribution in [0.15, 0.2) is 41.1 Å². The highest BCUT2D eigenvalue weighted by atomic mass is 16.1. The smallest absolute Gasteiger partial charge is 0.222 e. The summed E-state index contributed by atoms with van der Waals surface area (Å²) >= 11 is 0. The summed E-state index contributed by atoms with van der Waals surface area (Å²) in [5, 5.41) is 6.49. The first kappa shape index (κ1) is 14.4. The zero-order valence-electron chi connectivity index (χ0n) is 10.9. The molecule has 1 amide bonds. The van der Waals surface area contributed by atoms with Crippen LogP contribution in [0.1, 0.15) is 13.8 Å². The van der Waals surface area contributed by atoms with E-state index in [2.05, 4.69) is 21.4 Å². The van der Waals surface area contributed by atoms with Crippen LogP contribution in [0.3, 0.4) is 0 Å². The Morgan fingerprint density at radius 2 is 2.00 bits per heavy atom. The van der Waals surface area contributed by atoms with Crippen molar-refractivity contribution < 1.29 is 4.79 Å². The minimum Gasteiger partial charge on any atom is -0.402 e. The zero-order valence-corrected chi connectivity index (χ0v) is 10.9. The van der Waals surface area contributed by atoms with E-state index in [-0.39, 0.29) is 5.91 Å². The summed E-state index contributed by atoms with van der Waals surface area (Å²) in [6.45, 7) is 3.08. The number of nitrogens with two attached hydrogens (primary N) is 2. The number of carbonyl (C=O) groups excluding carboxylic acids is 1. The van der Waals surface area contributed by atoms with Crippen molar-refractivity contribution in [3.63, 3.8) is 0 Å². The quantitative estimate of drug-likeness (QED) is 0.234. The SMILES string of the molecule is CC(=O)NC(C=C(C)N)=NNNc1ccccc1N. The molecule has 0 aliphatic heterocycles. The molecule has 0 radical (unpaired) electrons. The number of benzene rings is 1. The van der Waals surface area contributed by atoms with Gasteiger partial charge in [0.05, 0.1) is 11.4 Å². The van der Waals surface area contributed by atoms with Crippen LogP contribution in [0.2, 0.25) is 0 Å². The normalized spacial score (nSPS) is 11.9. The molecule has 1 aromatic carbocycles. The third kappa shape index (κ3) is 5.44. The number of nitrogen functional groups attached to an aromatic ring is 1. The molecule has 1 aromatic rings. The zero-order chi connectivity index (χ0) is 14.3. The highest BCUT2D eigenvalue weighted by Crippen LogP contribution is 2.14. The second-order valence-corrected chi connectivity index (χ2v) is 3.89. The van der Waals surface area contributed by atoms with Crippen molar-refractivity contribution in [2.24, 2.45) is 10.8 Å². The van der Waals surface area contributed by atoms with E-state index in [0.29, 0.717) is 22.9 Å². The maximum absolute atomic E-state index is 11.0. The van der Waals surface area contributed by atoms with Gasteiger partial charge in [-0.25, -0.2) is 5.53 Å². The molecule has 0 bridgehead atoms. The molecule has 0 spiro atoms. The largest absolute Gasteiger partial charge is 0.402 e. The van der Waals surface area contributed by atoms with E-state index >= 15 is 0 Å².